The molecule has 0 bridgehead atoms. The summed E-state index contributed by atoms with van der Waals surface area (Å²) in [5, 5.41) is 8.07. The highest BCUT2D eigenvalue weighted by atomic mass is 32.2. The van der Waals surface area contributed by atoms with E-state index in [0.717, 1.165) is 16.5 Å². The zero-order valence-electron chi connectivity index (χ0n) is 11.5. The molecule has 0 radical (unpaired) electrons. The van der Waals surface area contributed by atoms with Crippen molar-refractivity contribution in [3.8, 4) is 0 Å². The van der Waals surface area contributed by atoms with Crippen LogP contribution in [0.1, 0.15) is 31.3 Å². The van der Waals surface area contributed by atoms with Gasteiger partial charge in [0.05, 0.1) is 0 Å². The first-order valence-corrected chi connectivity index (χ1v) is 7.32. The molecule has 0 fully saturated rings. The van der Waals surface area contributed by atoms with E-state index in [1.165, 1.54) is 0 Å². The topological polar surface area (TPSA) is 67.6 Å². The molecule has 0 saturated heterocycles. The molecule has 0 aliphatic rings. The zero-order valence-corrected chi connectivity index (χ0v) is 12.3. The van der Waals surface area contributed by atoms with Gasteiger partial charge in [0.1, 0.15) is 5.82 Å². The summed E-state index contributed by atoms with van der Waals surface area (Å²) in [5.74, 6) is 1.28. The number of nitrogens with two attached hydrogens (primary N) is 1. The van der Waals surface area contributed by atoms with Gasteiger partial charge < -0.3 is 5.73 Å². The highest BCUT2D eigenvalue weighted by molar-refractivity contribution is 7.99. The molecule has 19 heavy (non-hydrogen) atoms. The summed E-state index contributed by atoms with van der Waals surface area (Å²) in [6.45, 7) is 6.26. The number of aromatic nitrogens is 3. The molecule has 5 heteroatoms. The first-order chi connectivity index (χ1) is 9.08. The number of thioether (sulfide) groups is 1. The summed E-state index contributed by atoms with van der Waals surface area (Å²) in [4.78, 5) is 4.35. The first-order valence-electron chi connectivity index (χ1n) is 6.44. The maximum absolute atomic E-state index is 6.41. The van der Waals surface area contributed by atoms with Gasteiger partial charge in [-0.2, -0.15) is 0 Å². The first kappa shape index (κ1) is 14.1. The van der Waals surface area contributed by atoms with Crippen LogP contribution in [-0.2, 0) is 0 Å². The monoisotopic (exact) mass is 276 g/mol. The fraction of sp³-hybridized carbons (Fsp3) is 0.429. The number of aromatic amines is 1. The Kier molecular flexibility index (Phi) is 4.61. The van der Waals surface area contributed by atoms with Gasteiger partial charge in [0.25, 0.3) is 0 Å². The molecule has 102 valence electrons. The number of nitrogens with one attached hydrogen (secondary N) is 1. The number of aryl methyl sites for hydroxylation is 1. The van der Waals surface area contributed by atoms with Crippen LogP contribution in [0.3, 0.4) is 0 Å². The third kappa shape index (κ3) is 3.58. The summed E-state index contributed by atoms with van der Waals surface area (Å²) in [6, 6.07) is 10.2. The number of rotatable bonds is 5. The Labute approximate surface area is 118 Å². The van der Waals surface area contributed by atoms with Gasteiger partial charge in [0, 0.05) is 11.3 Å². The lowest BCUT2D eigenvalue weighted by Crippen LogP contribution is -2.28. The van der Waals surface area contributed by atoms with Gasteiger partial charge in [-0.1, -0.05) is 55.9 Å². The minimum atomic E-state index is -0.0231. The normalized spacial score (nSPS) is 14.6. The molecule has 2 unspecified atom stereocenters. The van der Waals surface area contributed by atoms with E-state index in [2.05, 4.69) is 41.2 Å². The van der Waals surface area contributed by atoms with Crippen LogP contribution in [0.2, 0.25) is 0 Å². The molecular weight excluding hydrogens is 256 g/mol. The van der Waals surface area contributed by atoms with Gasteiger partial charge in [0.15, 0.2) is 0 Å². The Hall–Kier alpha value is -1.33. The molecular formula is C14H20N4S. The molecule has 2 atom stereocenters. The van der Waals surface area contributed by atoms with E-state index in [0.29, 0.717) is 5.92 Å². The Morgan fingerprint density at radius 1 is 1.21 bits per heavy atom. The molecule has 0 spiro atoms. The molecule has 3 N–H and O–H groups in total. The van der Waals surface area contributed by atoms with Crippen molar-refractivity contribution in [1.82, 2.24) is 15.2 Å². The molecule has 0 saturated carbocycles. The Bertz CT molecular complexity index is 509. The van der Waals surface area contributed by atoms with Crippen molar-refractivity contribution in [2.45, 2.75) is 37.2 Å². The number of H-pyrrole nitrogens is 1. The van der Waals surface area contributed by atoms with Gasteiger partial charge in [-0.05, 0) is 18.4 Å². The van der Waals surface area contributed by atoms with Crippen LogP contribution >= 0.6 is 11.8 Å². The highest BCUT2D eigenvalue weighted by Gasteiger charge is 2.25. The van der Waals surface area contributed by atoms with E-state index >= 15 is 0 Å². The molecule has 1 aromatic heterocycles. The Morgan fingerprint density at radius 2 is 1.89 bits per heavy atom. The van der Waals surface area contributed by atoms with Gasteiger partial charge in [-0.15, -0.1) is 5.10 Å². The average molecular weight is 276 g/mol. The van der Waals surface area contributed by atoms with E-state index in [-0.39, 0.29) is 11.3 Å². The lowest BCUT2D eigenvalue weighted by atomic mass is 9.97. The van der Waals surface area contributed by atoms with Crippen molar-refractivity contribution < 1.29 is 0 Å². The van der Waals surface area contributed by atoms with Crippen LogP contribution in [0.5, 0.6) is 0 Å². The minimum absolute atomic E-state index is 0.0231. The van der Waals surface area contributed by atoms with Crippen molar-refractivity contribution >= 4 is 11.8 Å². The molecule has 2 rings (SSSR count). The highest BCUT2D eigenvalue weighted by Crippen LogP contribution is 2.33. The molecule has 1 aromatic carbocycles. The number of benzene rings is 1. The molecule has 1 heterocycles. The van der Waals surface area contributed by atoms with Gasteiger partial charge >= 0.3 is 0 Å². The predicted octanol–water partition coefficient (Wildman–Crippen LogP) is 2.93. The van der Waals surface area contributed by atoms with Crippen LogP contribution in [0, 0.1) is 12.8 Å². The largest absolute Gasteiger partial charge is 0.323 e. The zero-order chi connectivity index (χ0) is 13.8. The molecule has 0 amide bonds. The number of hydrogen-bond acceptors (Lipinski definition) is 4. The molecule has 2 aromatic rings. The van der Waals surface area contributed by atoms with Crippen molar-refractivity contribution in [3.05, 3.63) is 41.7 Å². The van der Waals surface area contributed by atoms with Crippen LogP contribution < -0.4 is 5.73 Å². The maximum atomic E-state index is 6.41. The third-order valence-electron chi connectivity index (χ3n) is 3.01. The Morgan fingerprint density at radius 3 is 2.42 bits per heavy atom. The second kappa shape index (κ2) is 6.21. The van der Waals surface area contributed by atoms with Crippen LogP contribution in [-0.4, -0.2) is 20.4 Å². The van der Waals surface area contributed by atoms with Crippen LogP contribution in [0.25, 0.3) is 0 Å². The van der Waals surface area contributed by atoms with Gasteiger partial charge in [-0.25, -0.2) is 4.98 Å². The summed E-state index contributed by atoms with van der Waals surface area (Å²) >= 11 is 1.64. The molecule has 4 nitrogen and oxygen atoms in total. The molecule has 0 aliphatic carbocycles. The van der Waals surface area contributed by atoms with E-state index in [9.17, 15) is 0 Å². The van der Waals surface area contributed by atoms with Crippen molar-refractivity contribution in [2.24, 2.45) is 11.7 Å². The standard InChI is InChI=1S/C14H20N4S/c1-9(2)13(19-14-16-10(3)17-18-14)12(15)11-7-5-4-6-8-11/h4-9,12-13H,15H2,1-3H3,(H,16,17,18). The van der Waals surface area contributed by atoms with E-state index in [4.69, 9.17) is 5.73 Å². The van der Waals surface area contributed by atoms with Gasteiger partial charge in [0.2, 0.25) is 5.16 Å². The lowest BCUT2D eigenvalue weighted by Gasteiger charge is -2.26. The van der Waals surface area contributed by atoms with E-state index in [1.807, 2.05) is 25.1 Å². The minimum Gasteiger partial charge on any atom is -0.323 e. The smallest absolute Gasteiger partial charge is 0.208 e. The summed E-state index contributed by atoms with van der Waals surface area (Å²) in [5.41, 5.74) is 7.56. The van der Waals surface area contributed by atoms with Gasteiger partial charge in [-0.3, -0.25) is 5.10 Å². The maximum Gasteiger partial charge on any atom is 0.208 e. The van der Waals surface area contributed by atoms with Crippen LogP contribution in [0.15, 0.2) is 35.5 Å². The second-order valence-electron chi connectivity index (χ2n) is 4.97. The van der Waals surface area contributed by atoms with E-state index < -0.39 is 0 Å². The molecule has 0 aliphatic heterocycles. The van der Waals surface area contributed by atoms with Crippen LogP contribution in [0.4, 0.5) is 0 Å². The summed E-state index contributed by atoms with van der Waals surface area (Å²) in [6.07, 6.45) is 0. The summed E-state index contributed by atoms with van der Waals surface area (Å²) < 4.78 is 0. The Balaban J connectivity index is 2.16. The SMILES string of the molecule is Cc1nc(SC(C(C)C)C(N)c2ccccc2)n[nH]1. The van der Waals surface area contributed by atoms with E-state index in [1.54, 1.807) is 11.8 Å². The van der Waals surface area contributed by atoms with Crippen molar-refractivity contribution in [3.63, 3.8) is 0 Å². The quantitative estimate of drug-likeness (QED) is 0.824. The predicted molar refractivity (Wildman–Crippen MR) is 79.0 cm³/mol. The second-order valence-corrected chi connectivity index (χ2v) is 6.11. The van der Waals surface area contributed by atoms with Crippen molar-refractivity contribution in [1.29, 1.82) is 0 Å². The third-order valence-corrected chi connectivity index (χ3v) is 4.52. The van der Waals surface area contributed by atoms with Crippen molar-refractivity contribution in [2.75, 3.05) is 0 Å². The fourth-order valence-corrected chi connectivity index (χ4v) is 3.09. The fourth-order valence-electron chi connectivity index (χ4n) is 1.99. The summed E-state index contributed by atoms with van der Waals surface area (Å²) in [7, 11) is 0. The number of nitrogens with zero attached hydrogens (tertiary/aromatic N) is 2. The lowest BCUT2D eigenvalue weighted by molar-refractivity contribution is 0.526. The number of hydrogen-bond donors (Lipinski definition) is 2. The average Bonchev–Trinajstić information content (AvgIpc) is 2.81.